The second-order valence-electron chi connectivity index (χ2n) is 10.5. The van der Waals surface area contributed by atoms with Crippen LogP contribution in [0.3, 0.4) is 0 Å². The number of para-hydroxylation sites is 1. The maximum absolute atomic E-state index is 15.2. The standard InChI is InChI=1S/C35H33FN4O5S/c1-43-30-9-3-2-6-23(30)18-26(42)20-25(41)16-22-10-11-31(28(36)17-22)45-32-12-14-39-29-21-33(46-34(29)32)24-7-4-8-27(19-24)44-15-5-13-40-35(37)38/h2-4,6-12,14,17,19,21H,5,13,15-16,18,20H2,1H3,(H4,37,38,40). The molecule has 0 saturated heterocycles. The van der Waals surface area contributed by atoms with Gasteiger partial charge in [-0.2, -0.15) is 0 Å². The highest BCUT2D eigenvalue weighted by molar-refractivity contribution is 7.22. The largest absolute Gasteiger partial charge is 0.496 e. The number of guanidine groups is 1. The molecule has 0 radical (unpaired) electrons. The van der Waals surface area contributed by atoms with Gasteiger partial charge in [0.1, 0.15) is 28.8 Å². The van der Waals surface area contributed by atoms with E-state index in [1.54, 1.807) is 30.5 Å². The van der Waals surface area contributed by atoms with Crippen LogP contribution in [0.1, 0.15) is 24.0 Å². The lowest BCUT2D eigenvalue weighted by Gasteiger charge is -2.09. The molecule has 5 aromatic rings. The van der Waals surface area contributed by atoms with Gasteiger partial charge in [0.05, 0.1) is 30.4 Å². The van der Waals surface area contributed by atoms with Crippen LogP contribution in [0.5, 0.6) is 23.0 Å². The predicted octanol–water partition coefficient (Wildman–Crippen LogP) is 6.26. The van der Waals surface area contributed by atoms with Crippen molar-refractivity contribution < 1.29 is 28.2 Å². The molecule has 2 heterocycles. The van der Waals surface area contributed by atoms with E-state index >= 15 is 4.39 Å². The lowest BCUT2D eigenvalue weighted by Crippen LogP contribution is -2.23. The van der Waals surface area contributed by atoms with Gasteiger partial charge in [0.25, 0.3) is 0 Å². The maximum atomic E-state index is 15.2. The van der Waals surface area contributed by atoms with Crippen molar-refractivity contribution in [1.29, 1.82) is 0 Å². The van der Waals surface area contributed by atoms with Crippen LogP contribution in [0.4, 0.5) is 4.39 Å². The van der Waals surface area contributed by atoms with Crippen molar-refractivity contribution in [3.8, 4) is 33.4 Å². The van der Waals surface area contributed by atoms with E-state index < -0.39 is 5.82 Å². The number of hydrogen-bond donors (Lipinski definition) is 2. The molecule has 11 heteroatoms. The summed E-state index contributed by atoms with van der Waals surface area (Å²) in [4.78, 5) is 34.5. The number of carbonyl (C=O) groups excluding carboxylic acids is 2. The van der Waals surface area contributed by atoms with Crippen LogP contribution >= 0.6 is 11.3 Å². The van der Waals surface area contributed by atoms with Gasteiger partial charge in [-0.3, -0.25) is 19.6 Å². The highest BCUT2D eigenvalue weighted by Gasteiger charge is 2.16. The molecule has 0 fully saturated rings. The number of methoxy groups -OCH3 is 1. The van der Waals surface area contributed by atoms with Crippen LogP contribution in [0, 0.1) is 5.82 Å². The van der Waals surface area contributed by atoms with Gasteiger partial charge < -0.3 is 25.7 Å². The van der Waals surface area contributed by atoms with E-state index in [9.17, 15) is 9.59 Å². The number of hydrogen-bond acceptors (Lipinski definition) is 8. The summed E-state index contributed by atoms with van der Waals surface area (Å²) in [7, 11) is 1.53. The third-order valence-electron chi connectivity index (χ3n) is 6.95. The smallest absolute Gasteiger partial charge is 0.185 e. The maximum Gasteiger partial charge on any atom is 0.185 e. The van der Waals surface area contributed by atoms with Crippen LogP contribution < -0.4 is 25.7 Å². The summed E-state index contributed by atoms with van der Waals surface area (Å²) in [5, 5.41) is 0. The molecule has 236 valence electrons. The van der Waals surface area contributed by atoms with E-state index in [1.807, 2.05) is 42.5 Å². The minimum Gasteiger partial charge on any atom is -0.496 e. The van der Waals surface area contributed by atoms with Crippen LogP contribution in [0.25, 0.3) is 20.7 Å². The molecule has 0 aliphatic carbocycles. The van der Waals surface area contributed by atoms with E-state index in [-0.39, 0.29) is 42.5 Å². The molecule has 2 aromatic heterocycles. The van der Waals surface area contributed by atoms with Gasteiger partial charge in [-0.25, -0.2) is 4.39 Å². The highest BCUT2D eigenvalue weighted by atomic mass is 32.1. The van der Waals surface area contributed by atoms with Gasteiger partial charge in [-0.1, -0.05) is 36.4 Å². The van der Waals surface area contributed by atoms with Crippen molar-refractivity contribution >= 4 is 39.1 Å². The number of ketones is 2. The zero-order valence-electron chi connectivity index (χ0n) is 25.2. The summed E-state index contributed by atoms with van der Waals surface area (Å²) in [6.07, 6.45) is 2.05. The summed E-state index contributed by atoms with van der Waals surface area (Å²) < 4.78 is 33.0. The Morgan fingerprint density at radius 2 is 1.74 bits per heavy atom. The van der Waals surface area contributed by atoms with Crippen molar-refractivity contribution in [3.05, 3.63) is 102 Å². The van der Waals surface area contributed by atoms with Crippen molar-refractivity contribution in [2.75, 3.05) is 20.3 Å². The average molecular weight is 641 g/mol. The van der Waals surface area contributed by atoms with Crippen LogP contribution in [-0.4, -0.2) is 42.8 Å². The number of fused-ring (bicyclic) bond motifs is 1. The lowest BCUT2D eigenvalue weighted by atomic mass is 10.0. The predicted molar refractivity (Wildman–Crippen MR) is 177 cm³/mol. The highest BCUT2D eigenvalue weighted by Crippen LogP contribution is 2.40. The Morgan fingerprint density at radius 3 is 2.54 bits per heavy atom. The van der Waals surface area contributed by atoms with E-state index in [0.717, 1.165) is 15.1 Å². The zero-order valence-corrected chi connectivity index (χ0v) is 26.0. The van der Waals surface area contributed by atoms with Gasteiger partial charge in [0.2, 0.25) is 0 Å². The van der Waals surface area contributed by atoms with Gasteiger partial charge in [-0.15, -0.1) is 11.3 Å². The number of carbonyl (C=O) groups is 2. The number of aromatic nitrogens is 1. The molecule has 46 heavy (non-hydrogen) atoms. The Labute approximate surface area is 269 Å². The Kier molecular flexibility index (Phi) is 10.6. The fraction of sp³-hybridized carbons (Fsp3) is 0.200. The first-order chi connectivity index (χ1) is 22.3. The number of thiophene rings is 1. The molecule has 0 saturated carbocycles. The number of nitrogens with zero attached hydrogens (tertiary/aromatic N) is 2. The summed E-state index contributed by atoms with van der Waals surface area (Å²) in [5.74, 6) is 0.698. The second kappa shape index (κ2) is 15.1. The van der Waals surface area contributed by atoms with Crippen LogP contribution in [-0.2, 0) is 22.4 Å². The van der Waals surface area contributed by atoms with E-state index in [0.29, 0.717) is 53.5 Å². The summed E-state index contributed by atoms with van der Waals surface area (Å²) in [6, 6.07) is 22.9. The monoisotopic (exact) mass is 640 g/mol. The van der Waals surface area contributed by atoms with Crippen molar-refractivity contribution in [2.24, 2.45) is 16.5 Å². The molecular formula is C35H33FN4O5S. The summed E-state index contributed by atoms with van der Waals surface area (Å²) in [6.45, 7) is 0.952. The van der Waals surface area contributed by atoms with Crippen molar-refractivity contribution in [1.82, 2.24) is 4.98 Å². The fourth-order valence-corrected chi connectivity index (χ4v) is 5.89. The molecule has 3 aromatic carbocycles. The number of ether oxygens (including phenoxy) is 3. The normalized spacial score (nSPS) is 10.8. The Morgan fingerprint density at radius 1 is 0.913 bits per heavy atom. The number of Topliss-reactive ketones (excluding diaryl/α,β-unsaturated/α-hetero) is 2. The number of halogens is 1. The van der Waals surface area contributed by atoms with Gasteiger partial charge in [-0.05, 0) is 47.5 Å². The SMILES string of the molecule is COc1ccccc1CC(=O)CC(=O)Cc1ccc(Oc2ccnc3cc(-c4cccc(OCCCN=C(N)N)c4)sc23)c(F)c1. The van der Waals surface area contributed by atoms with Gasteiger partial charge >= 0.3 is 0 Å². The third-order valence-corrected chi connectivity index (χ3v) is 8.14. The van der Waals surface area contributed by atoms with Crippen molar-refractivity contribution in [2.45, 2.75) is 25.7 Å². The number of rotatable bonds is 15. The Balaban J connectivity index is 1.22. The van der Waals surface area contributed by atoms with Crippen molar-refractivity contribution in [3.63, 3.8) is 0 Å². The topological polar surface area (TPSA) is 139 Å². The number of pyridine rings is 1. The molecule has 0 unspecified atom stereocenters. The molecule has 0 amide bonds. The molecular weight excluding hydrogens is 607 g/mol. The molecule has 0 aliphatic heterocycles. The lowest BCUT2D eigenvalue weighted by molar-refractivity contribution is -0.126. The Bertz CT molecular complexity index is 1890. The van der Waals surface area contributed by atoms with Crippen LogP contribution in [0.15, 0.2) is 90.1 Å². The second-order valence-corrected chi connectivity index (χ2v) is 11.5. The molecule has 9 nitrogen and oxygen atoms in total. The minimum atomic E-state index is -0.614. The number of nitrogens with two attached hydrogens (primary N) is 2. The fourth-order valence-electron chi connectivity index (χ4n) is 4.83. The van der Waals surface area contributed by atoms with Crippen LogP contribution in [0.2, 0.25) is 0 Å². The first-order valence-corrected chi connectivity index (χ1v) is 15.4. The number of benzene rings is 3. The number of aliphatic imine (C=N–C) groups is 1. The first kappa shape index (κ1) is 32.1. The van der Waals surface area contributed by atoms with E-state index in [4.69, 9.17) is 25.7 Å². The quantitative estimate of drug-likeness (QED) is 0.0592. The average Bonchev–Trinajstić information content (AvgIpc) is 3.48. The Hall–Kier alpha value is -5.29. The van der Waals surface area contributed by atoms with Gasteiger partial charge in [0, 0.05) is 48.5 Å². The molecule has 0 bridgehead atoms. The third kappa shape index (κ3) is 8.45. The molecule has 0 aliphatic rings. The molecule has 0 spiro atoms. The summed E-state index contributed by atoms with van der Waals surface area (Å²) >= 11 is 1.47. The molecule has 4 N–H and O–H groups in total. The zero-order chi connectivity index (χ0) is 32.5. The minimum absolute atomic E-state index is 0.0158. The molecule has 5 rings (SSSR count). The summed E-state index contributed by atoms with van der Waals surface area (Å²) in [5.41, 5.74) is 13.5. The van der Waals surface area contributed by atoms with E-state index in [2.05, 4.69) is 9.98 Å². The van der Waals surface area contributed by atoms with E-state index in [1.165, 1.54) is 30.6 Å². The van der Waals surface area contributed by atoms with Gasteiger partial charge in [0.15, 0.2) is 17.5 Å². The first-order valence-electron chi connectivity index (χ1n) is 14.6. The molecule has 0 atom stereocenters.